The van der Waals surface area contributed by atoms with Crippen LogP contribution in [0.15, 0.2) is 109 Å². The second-order valence-corrected chi connectivity index (χ2v) is 18.3. The summed E-state index contributed by atoms with van der Waals surface area (Å²) in [5, 5.41) is 23.8. The van der Waals surface area contributed by atoms with Crippen LogP contribution in [0.1, 0.15) is 239 Å². The van der Waals surface area contributed by atoms with Gasteiger partial charge in [0.05, 0.1) is 25.2 Å². The Balaban J connectivity index is 4.76. The number of rotatable bonds is 48. The predicted octanol–water partition coefficient (Wildman–Crippen LogP) is 17.1. The molecule has 0 aliphatic heterocycles. The number of hydrogen-bond donors (Lipinski definition) is 3. The van der Waals surface area contributed by atoms with Crippen LogP contribution in [-0.4, -0.2) is 46.9 Å². The number of esters is 1. The monoisotopic (exact) mass is 930 g/mol. The molecule has 0 bridgehead atoms. The van der Waals surface area contributed by atoms with Gasteiger partial charge in [-0.05, 0) is 83.5 Å². The molecule has 0 saturated carbocycles. The van der Waals surface area contributed by atoms with Crippen LogP contribution in [0, 0.1) is 0 Å². The minimum atomic E-state index is -0.818. The molecule has 0 aromatic rings. The van der Waals surface area contributed by atoms with E-state index in [2.05, 4.69) is 111 Å². The van der Waals surface area contributed by atoms with Gasteiger partial charge in [-0.15, -0.1) is 0 Å². The Kier molecular flexibility index (Phi) is 50.7. The lowest BCUT2D eigenvalue weighted by atomic mass is 10.0. The molecule has 3 unspecified atom stereocenters. The van der Waals surface area contributed by atoms with Crippen LogP contribution in [0.5, 0.6) is 0 Å². The molecule has 0 aromatic heterocycles. The number of aliphatic hydroxyl groups is 2. The van der Waals surface area contributed by atoms with Gasteiger partial charge in [-0.25, -0.2) is 0 Å². The third-order valence-electron chi connectivity index (χ3n) is 11.9. The number of aliphatic hydroxyl groups excluding tert-OH is 2. The minimum absolute atomic E-state index is 0.0157. The molecule has 3 atom stereocenters. The van der Waals surface area contributed by atoms with E-state index in [1.54, 1.807) is 0 Å². The maximum atomic E-state index is 13.2. The van der Waals surface area contributed by atoms with Gasteiger partial charge in [0, 0.05) is 6.42 Å². The SMILES string of the molecule is CC/C=C/C/C=C/C/C=C/C/C=C/C/C=C/CCC(=O)OC(CCCCC/C=C/C=C/C=C/C=C/CCCCC)CC(=O)NC(CO)C(O)CCCCCCCCCCCCCCCCCC. The smallest absolute Gasteiger partial charge is 0.306 e. The van der Waals surface area contributed by atoms with Crippen LogP contribution >= 0.6 is 0 Å². The largest absolute Gasteiger partial charge is 0.462 e. The van der Waals surface area contributed by atoms with E-state index in [1.165, 1.54) is 103 Å². The van der Waals surface area contributed by atoms with Gasteiger partial charge in [-0.2, -0.15) is 0 Å². The number of allylic oxidation sites excluding steroid dienone is 18. The molecule has 0 radical (unpaired) electrons. The molecule has 0 spiro atoms. The van der Waals surface area contributed by atoms with Crippen molar-refractivity contribution in [3.63, 3.8) is 0 Å². The van der Waals surface area contributed by atoms with Gasteiger partial charge < -0.3 is 20.3 Å². The molecule has 0 aromatic carbocycles. The summed E-state index contributed by atoms with van der Waals surface area (Å²) in [6.45, 7) is 6.31. The molecule has 0 rings (SSSR count). The predicted molar refractivity (Wildman–Crippen MR) is 291 cm³/mol. The van der Waals surface area contributed by atoms with Gasteiger partial charge >= 0.3 is 5.97 Å². The number of ether oxygens (including phenoxy) is 1. The van der Waals surface area contributed by atoms with E-state index in [1.807, 2.05) is 24.3 Å². The zero-order chi connectivity index (χ0) is 48.8. The van der Waals surface area contributed by atoms with Crippen molar-refractivity contribution in [1.29, 1.82) is 0 Å². The molecule has 0 heterocycles. The molecular formula is C61H103NO5. The summed E-state index contributed by atoms with van der Waals surface area (Å²) in [4.78, 5) is 26.2. The average Bonchev–Trinajstić information content (AvgIpc) is 3.32. The summed E-state index contributed by atoms with van der Waals surface area (Å²) in [5.74, 6) is -0.618. The van der Waals surface area contributed by atoms with Crippen LogP contribution in [0.2, 0.25) is 0 Å². The van der Waals surface area contributed by atoms with Crippen LogP contribution in [0.4, 0.5) is 0 Å². The molecule has 0 aliphatic rings. The van der Waals surface area contributed by atoms with Gasteiger partial charge in [0.1, 0.15) is 6.10 Å². The van der Waals surface area contributed by atoms with Crippen molar-refractivity contribution in [2.75, 3.05) is 6.61 Å². The first-order chi connectivity index (χ1) is 33.0. The van der Waals surface area contributed by atoms with Crippen molar-refractivity contribution in [2.45, 2.75) is 257 Å². The molecule has 382 valence electrons. The van der Waals surface area contributed by atoms with Crippen LogP contribution in [0.25, 0.3) is 0 Å². The first-order valence-electron chi connectivity index (χ1n) is 27.7. The number of amides is 1. The molecule has 3 N–H and O–H groups in total. The van der Waals surface area contributed by atoms with E-state index in [4.69, 9.17) is 4.74 Å². The Morgan fingerprint density at radius 3 is 1.36 bits per heavy atom. The lowest BCUT2D eigenvalue weighted by molar-refractivity contribution is -0.150. The van der Waals surface area contributed by atoms with E-state index < -0.39 is 18.2 Å². The Morgan fingerprint density at radius 1 is 0.463 bits per heavy atom. The molecule has 0 fully saturated rings. The van der Waals surface area contributed by atoms with E-state index in [9.17, 15) is 19.8 Å². The Morgan fingerprint density at radius 2 is 0.866 bits per heavy atom. The number of carbonyl (C=O) groups excluding carboxylic acids is 2. The molecule has 0 aliphatic carbocycles. The standard InChI is InChI=1S/C61H103NO5/c1-4-7-10-13-16-19-22-25-28-31-34-37-40-43-46-49-52-57(67-61(66)54-51-48-45-42-39-36-33-30-27-24-21-18-15-12-9-6-3)55-60(65)62-58(56-63)59(64)53-50-47-44-41-38-35-32-29-26-23-20-17-14-11-8-5-2/h9,12,16,18-19,21-22,25,27-28,30-31,34,36-37,39,45,48,57-59,63-64H,4-8,10-11,13-15,17,20,23-24,26,29,32-33,35,38,40-44,46-47,49-56H2,1-3H3,(H,62,65)/b12-9+,19-16+,21-18+,25-22+,30-27+,31-28+,37-34+,39-36+,48-45+. The van der Waals surface area contributed by atoms with Gasteiger partial charge in [0.15, 0.2) is 0 Å². The fourth-order valence-corrected chi connectivity index (χ4v) is 7.79. The van der Waals surface area contributed by atoms with Crippen molar-refractivity contribution in [3.05, 3.63) is 109 Å². The average molecular weight is 930 g/mol. The van der Waals surface area contributed by atoms with Gasteiger partial charge in [0.25, 0.3) is 0 Å². The zero-order valence-electron chi connectivity index (χ0n) is 43.5. The molecule has 6 heteroatoms. The third-order valence-corrected chi connectivity index (χ3v) is 11.9. The van der Waals surface area contributed by atoms with Crippen LogP contribution in [0.3, 0.4) is 0 Å². The quantitative estimate of drug-likeness (QED) is 0.0244. The summed E-state index contributed by atoms with van der Waals surface area (Å²) in [6, 6.07) is -0.737. The normalized spacial score (nSPS) is 14.0. The Hall–Kier alpha value is -3.48. The molecule has 6 nitrogen and oxygen atoms in total. The van der Waals surface area contributed by atoms with Gasteiger partial charge in [-0.3, -0.25) is 9.59 Å². The highest BCUT2D eigenvalue weighted by Crippen LogP contribution is 2.17. The topological polar surface area (TPSA) is 95.9 Å². The highest BCUT2D eigenvalue weighted by Gasteiger charge is 2.24. The highest BCUT2D eigenvalue weighted by molar-refractivity contribution is 5.77. The fraction of sp³-hybridized carbons (Fsp3) is 0.672. The van der Waals surface area contributed by atoms with Gasteiger partial charge in [-0.1, -0.05) is 252 Å². The maximum Gasteiger partial charge on any atom is 0.306 e. The Labute approximate surface area is 413 Å². The minimum Gasteiger partial charge on any atom is -0.462 e. The number of carbonyl (C=O) groups is 2. The zero-order valence-corrected chi connectivity index (χ0v) is 43.5. The lowest BCUT2D eigenvalue weighted by Gasteiger charge is -2.24. The molecular weight excluding hydrogens is 827 g/mol. The van der Waals surface area contributed by atoms with Crippen LogP contribution < -0.4 is 5.32 Å². The van der Waals surface area contributed by atoms with E-state index in [0.717, 1.165) is 83.5 Å². The maximum absolute atomic E-state index is 13.2. The molecule has 1 amide bonds. The number of unbranched alkanes of at least 4 members (excludes halogenated alkanes) is 21. The summed E-state index contributed by atoms with van der Waals surface area (Å²) < 4.78 is 5.89. The summed E-state index contributed by atoms with van der Waals surface area (Å²) in [7, 11) is 0. The van der Waals surface area contributed by atoms with Gasteiger partial charge in [0.2, 0.25) is 5.91 Å². The second-order valence-electron chi connectivity index (χ2n) is 18.3. The third kappa shape index (κ3) is 48.8. The van der Waals surface area contributed by atoms with Crippen LogP contribution in [-0.2, 0) is 14.3 Å². The van der Waals surface area contributed by atoms with Crippen molar-refractivity contribution >= 4 is 11.9 Å². The fourth-order valence-electron chi connectivity index (χ4n) is 7.79. The molecule has 0 saturated heterocycles. The lowest BCUT2D eigenvalue weighted by Crippen LogP contribution is -2.46. The van der Waals surface area contributed by atoms with Crippen molar-refractivity contribution < 1.29 is 24.5 Å². The molecule has 67 heavy (non-hydrogen) atoms. The second kappa shape index (κ2) is 53.5. The van der Waals surface area contributed by atoms with E-state index in [0.29, 0.717) is 19.3 Å². The summed E-state index contributed by atoms with van der Waals surface area (Å²) >= 11 is 0. The van der Waals surface area contributed by atoms with Crippen molar-refractivity contribution in [3.8, 4) is 0 Å². The number of hydrogen-bond acceptors (Lipinski definition) is 5. The van der Waals surface area contributed by atoms with Crippen molar-refractivity contribution in [2.24, 2.45) is 0 Å². The van der Waals surface area contributed by atoms with E-state index >= 15 is 0 Å². The van der Waals surface area contributed by atoms with Crippen molar-refractivity contribution in [1.82, 2.24) is 5.32 Å². The first-order valence-corrected chi connectivity index (χ1v) is 27.7. The summed E-state index contributed by atoms with van der Waals surface area (Å²) in [6.07, 6.45) is 73.0. The van der Waals surface area contributed by atoms with E-state index in [-0.39, 0.29) is 31.3 Å². The summed E-state index contributed by atoms with van der Waals surface area (Å²) in [5.41, 5.74) is 0. The first kappa shape index (κ1) is 63.5. The Bertz CT molecular complexity index is 1370. The number of nitrogens with one attached hydrogen (secondary N) is 1. The highest BCUT2D eigenvalue weighted by atomic mass is 16.5.